The zero-order chi connectivity index (χ0) is 17.4. The number of carbonyl (C=O) groups excluding carboxylic acids is 2. The first-order chi connectivity index (χ1) is 10.6. The molecular weight excluding hydrogens is 326 g/mol. The van der Waals surface area contributed by atoms with Crippen LogP contribution in [-0.4, -0.2) is 31.0 Å². The second kappa shape index (κ2) is 5.94. The Labute approximate surface area is 127 Å². The van der Waals surface area contributed by atoms with Gasteiger partial charge in [0.1, 0.15) is 18.8 Å². The van der Waals surface area contributed by atoms with E-state index in [1.807, 2.05) is 0 Å². The first kappa shape index (κ1) is 16.8. The molecular formula is C13H11F4NO5. The predicted octanol–water partition coefficient (Wildman–Crippen LogP) is 2.57. The summed E-state index contributed by atoms with van der Waals surface area (Å²) in [6.07, 6.45) is -2.30. The van der Waals surface area contributed by atoms with Crippen molar-refractivity contribution in [2.75, 3.05) is 13.2 Å². The number of benzene rings is 1. The van der Waals surface area contributed by atoms with Gasteiger partial charge in [0, 0.05) is 5.56 Å². The third-order valence-corrected chi connectivity index (χ3v) is 3.06. The Morgan fingerprint density at radius 2 is 1.65 bits per heavy atom. The Balaban J connectivity index is 2.17. The minimum absolute atomic E-state index is 0.275. The molecule has 10 heteroatoms. The Hall–Kier alpha value is -2.52. The number of halogens is 4. The van der Waals surface area contributed by atoms with Crippen molar-refractivity contribution in [2.24, 2.45) is 0 Å². The van der Waals surface area contributed by atoms with E-state index in [1.165, 1.54) is 6.92 Å². The van der Waals surface area contributed by atoms with Gasteiger partial charge in [0.2, 0.25) is 11.6 Å². The highest BCUT2D eigenvalue weighted by Crippen LogP contribution is 2.29. The van der Waals surface area contributed by atoms with Gasteiger partial charge < -0.3 is 19.5 Å². The van der Waals surface area contributed by atoms with Gasteiger partial charge >= 0.3 is 12.2 Å². The van der Waals surface area contributed by atoms with Crippen LogP contribution in [0.2, 0.25) is 0 Å². The largest absolute Gasteiger partial charge is 0.508 e. The van der Waals surface area contributed by atoms with Crippen LogP contribution in [0.25, 0.3) is 0 Å². The summed E-state index contributed by atoms with van der Waals surface area (Å²) in [6.45, 7) is 1.71. The van der Waals surface area contributed by atoms with Crippen LogP contribution in [0.1, 0.15) is 12.5 Å². The second-order valence-corrected chi connectivity index (χ2v) is 5.11. The summed E-state index contributed by atoms with van der Waals surface area (Å²) in [5, 5.41) is 2.16. The molecule has 1 fully saturated rings. The third-order valence-electron chi connectivity index (χ3n) is 3.06. The van der Waals surface area contributed by atoms with Crippen molar-refractivity contribution in [1.82, 2.24) is 5.32 Å². The van der Waals surface area contributed by atoms with Crippen molar-refractivity contribution in [3.63, 3.8) is 0 Å². The van der Waals surface area contributed by atoms with Crippen LogP contribution in [0.5, 0.6) is 5.75 Å². The molecule has 1 amide bonds. The van der Waals surface area contributed by atoms with E-state index in [-0.39, 0.29) is 13.2 Å². The van der Waals surface area contributed by atoms with Crippen LogP contribution in [0.15, 0.2) is 0 Å². The molecule has 1 aromatic rings. The van der Waals surface area contributed by atoms with Crippen molar-refractivity contribution < 1.29 is 41.4 Å². The molecule has 23 heavy (non-hydrogen) atoms. The van der Waals surface area contributed by atoms with Crippen molar-refractivity contribution in [2.45, 2.75) is 19.4 Å². The lowest BCUT2D eigenvalue weighted by Gasteiger charge is -2.32. The summed E-state index contributed by atoms with van der Waals surface area (Å²) >= 11 is 0. The molecule has 0 spiro atoms. The average molecular weight is 337 g/mol. The van der Waals surface area contributed by atoms with E-state index in [2.05, 4.69) is 19.5 Å². The molecule has 0 unspecified atom stereocenters. The number of amides is 1. The predicted molar refractivity (Wildman–Crippen MR) is 65.9 cm³/mol. The molecule has 6 nitrogen and oxygen atoms in total. The number of ether oxygens (including phenoxy) is 3. The molecule has 1 heterocycles. The fraction of sp³-hybridized carbons (Fsp3) is 0.385. The van der Waals surface area contributed by atoms with E-state index in [1.54, 1.807) is 0 Å². The molecule has 0 aliphatic carbocycles. The lowest BCUT2D eigenvalue weighted by molar-refractivity contribution is -0.0284. The number of nitrogens with one attached hydrogen (secondary N) is 1. The van der Waals surface area contributed by atoms with E-state index in [4.69, 9.17) is 0 Å². The maximum absolute atomic E-state index is 13.7. The van der Waals surface area contributed by atoms with Crippen LogP contribution in [-0.2, 0) is 9.47 Å². The Morgan fingerprint density at radius 1 is 1.09 bits per heavy atom. The summed E-state index contributed by atoms with van der Waals surface area (Å²) in [5.74, 6) is -8.58. The number of cyclic esters (lactones) is 2. The highest BCUT2D eigenvalue weighted by Gasteiger charge is 2.36. The molecule has 1 aliphatic heterocycles. The van der Waals surface area contributed by atoms with Gasteiger partial charge in [-0.25, -0.2) is 22.8 Å². The monoisotopic (exact) mass is 337 g/mol. The molecule has 0 atom stereocenters. The van der Waals surface area contributed by atoms with Gasteiger partial charge in [0.25, 0.3) is 0 Å². The number of rotatable bonds is 2. The molecule has 0 bridgehead atoms. The van der Waals surface area contributed by atoms with Crippen molar-refractivity contribution in [3.05, 3.63) is 28.8 Å². The SMILES string of the molecule is Cc1c(F)c(F)c(F)c(OC(=O)NC2(C)COC(=O)OC2)c1F. The van der Waals surface area contributed by atoms with Gasteiger partial charge in [0.15, 0.2) is 17.5 Å². The fourth-order valence-electron chi connectivity index (χ4n) is 1.77. The number of hydrogen-bond acceptors (Lipinski definition) is 5. The summed E-state index contributed by atoms with van der Waals surface area (Å²) in [6, 6.07) is 0. The normalized spacial score (nSPS) is 16.3. The minimum Gasteiger partial charge on any atom is -0.432 e. The van der Waals surface area contributed by atoms with E-state index >= 15 is 0 Å². The van der Waals surface area contributed by atoms with Gasteiger partial charge in [-0.05, 0) is 13.8 Å². The second-order valence-electron chi connectivity index (χ2n) is 5.11. The van der Waals surface area contributed by atoms with Crippen LogP contribution in [0.4, 0.5) is 27.2 Å². The molecule has 1 aliphatic rings. The van der Waals surface area contributed by atoms with Crippen LogP contribution < -0.4 is 10.1 Å². The average Bonchev–Trinajstić information content (AvgIpc) is 2.51. The first-order valence-corrected chi connectivity index (χ1v) is 6.27. The third kappa shape index (κ3) is 3.30. The quantitative estimate of drug-likeness (QED) is 0.389. The van der Waals surface area contributed by atoms with Gasteiger partial charge in [-0.1, -0.05) is 0 Å². The van der Waals surface area contributed by atoms with E-state index in [9.17, 15) is 27.2 Å². The van der Waals surface area contributed by atoms with Crippen LogP contribution >= 0.6 is 0 Å². The van der Waals surface area contributed by atoms with Gasteiger partial charge in [-0.15, -0.1) is 0 Å². The van der Waals surface area contributed by atoms with Gasteiger partial charge in [-0.3, -0.25) is 0 Å². The van der Waals surface area contributed by atoms with E-state index in [0.717, 1.165) is 6.92 Å². The minimum atomic E-state index is -1.97. The van der Waals surface area contributed by atoms with Crippen molar-refractivity contribution in [1.29, 1.82) is 0 Å². The fourth-order valence-corrected chi connectivity index (χ4v) is 1.77. The molecule has 0 aromatic heterocycles. The molecule has 126 valence electrons. The summed E-state index contributed by atoms with van der Waals surface area (Å²) < 4.78 is 67.2. The standard InChI is InChI=1S/C13H11F4NO5/c1-5-6(14)8(16)9(17)10(7(5)15)23-11(19)18-13(2)3-21-12(20)22-4-13/h3-4H2,1-2H3,(H,18,19). The highest BCUT2D eigenvalue weighted by molar-refractivity contribution is 5.72. The van der Waals surface area contributed by atoms with Gasteiger partial charge in [0.05, 0.1) is 0 Å². The van der Waals surface area contributed by atoms with Crippen molar-refractivity contribution >= 4 is 12.2 Å². The highest BCUT2D eigenvalue weighted by atomic mass is 19.2. The Morgan fingerprint density at radius 3 is 2.22 bits per heavy atom. The Bertz CT molecular complexity index is 640. The van der Waals surface area contributed by atoms with Crippen LogP contribution in [0.3, 0.4) is 0 Å². The van der Waals surface area contributed by atoms with E-state index < -0.39 is 52.4 Å². The first-order valence-electron chi connectivity index (χ1n) is 6.27. The number of hydrogen-bond donors (Lipinski definition) is 1. The summed E-state index contributed by atoms with van der Waals surface area (Å²) in [7, 11) is 0. The zero-order valence-corrected chi connectivity index (χ0v) is 12.0. The summed E-state index contributed by atoms with van der Waals surface area (Å²) in [5.41, 5.74) is -2.06. The topological polar surface area (TPSA) is 73.9 Å². The molecule has 1 saturated heterocycles. The molecule has 1 aromatic carbocycles. The molecule has 0 radical (unpaired) electrons. The molecule has 1 N–H and O–H groups in total. The molecule has 0 saturated carbocycles. The lowest BCUT2D eigenvalue weighted by Crippen LogP contribution is -2.56. The molecule has 2 rings (SSSR count). The number of carbonyl (C=O) groups is 2. The lowest BCUT2D eigenvalue weighted by atomic mass is 10.1. The smallest absolute Gasteiger partial charge is 0.432 e. The van der Waals surface area contributed by atoms with E-state index in [0.29, 0.717) is 0 Å². The zero-order valence-electron chi connectivity index (χ0n) is 12.0. The maximum Gasteiger partial charge on any atom is 0.508 e. The summed E-state index contributed by atoms with van der Waals surface area (Å²) in [4.78, 5) is 22.5. The Kier molecular flexibility index (Phi) is 4.35. The van der Waals surface area contributed by atoms with Crippen molar-refractivity contribution in [3.8, 4) is 5.75 Å². The van der Waals surface area contributed by atoms with Crippen LogP contribution in [0, 0.1) is 30.2 Å². The van der Waals surface area contributed by atoms with Gasteiger partial charge in [-0.2, -0.15) is 4.39 Å². The maximum atomic E-state index is 13.7.